The quantitative estimate of drug-likeness (QED) is 0.664. The Morgan fingerprint density at radius 1 is 1.43 bits per heavy atom. The van der Waals surface area contributed by atoms with E-state index in [1.54, 1.807) is 12.1 Å². The van der Waals surface area contributed by atoms with Gasteiger partial charge in [0.25, 0.3) is 0 Å². The first-order valence-corrected chi connectivity index (χ1v) is 4.96. The number of aromatic hydroxyl groups is 1. The molecule has 0 radical (unpaired) electrons. The molecule has 0 saturated carbocycles. The van der Waals surface area contributed by atoms with Crippen molar-refractivity contribution in [3.8, 4) is 5.75 Å². The Bertz CT molecular complexity index is 325. The Morgan fingerprint density at radius 2 is 2.29 bits per heavy atom. The fourth-order valence-corrected chi connectivity index (χ4v) is 1.93. The lowest BCUT2D eigenvalue weighted by Gasteiger charge is -2.25. The van der Waals surface area contributed by atoms with Gasteiger partial charge in [0.1, 0.15) is 5.75 Å². The van der Waals surface area contributed by atoms with Crippen molar-refractivity contribution in [1.82, 2.24) is 0 Å². The maximum Gasteiger partial charge on any atom is 0.117 e. The van der Waals surface area contributed by atoms with Crippen molar-refractivity contribution < 1.29 is 10.2 Å². The van der Waals surface area contributed by atoms with E-state index in [9.17, 15) is 5.11 Å². The van der Waals surface area contributed by atoms with E-state index in [1.807, 2.05) is 6.07 Å². The Labute approximate surface area is 83.4 Å². The summed E-state index contributed by atoms with van der Waals surface area (Å²) in [5.41, 5.74) is 2.26. The van der Waals surface area contributed by atoms with Gasteiger partial charge in [-0.1, -0.05) is 6.07 Å². The lowest BCUT2D eigenvalue weighted by atomic mass is 9.92. The molecule has 0 amide bonds. The van der Waals surface area contributed by atoms with Gasteiger partial charge in [0.15, 0.2) is 0 Å². The van der Waals surface area contributed by atoms with E-state index in [0.717, 1.165) is 25.1 Å². The lowest BCUT2D eigenvalue weighted by Crippen LogP contribution is -2.23. The minimum Gasteiger partial charge on any atom is -0.508 e. The number of hydrogen-bond acceptors (Lipinski definition) is 3. The molecule has 2 rings (SSSR count). The summed E-state index contributed by atoms with van der Waals surface area (Å²) < 4.78 is 0. The van der Waals surface area contributed by atoms with Gasteiger partial charge in [-0.05, 0) is 30.4 Å². The summed E-state index contributed by atoms with van der Waals surface area (Å²) in [4.78, 5) is 0. The molecule has 1 aromatic rings. The van der Waals surface area contributed by atoms with E-state index in [1.165, 1.54) is 5.56 Å². The molecule has 14 heavy (non-hydrogen) atoms. The highest BCUT2D eigenvalue weighted by Crippen LogP contribution is 2.28. The third kappa shape index (κ3) is 1.82. The standard InChI is InChI=1S/C11H15NO2/c13-4-3-8-5-9-1-2-10(14)6-11(9)12-7-8/h1-2,6,8,12-14H,3-5,7H2. The molecule has 76 valence electrons. The average molecular weight is 193 g/mol. The van der Waals surface area contributed by atoms with E-state index in [2.05, 4.69) is 5.32 Å². The Balaban J connectivity index is 2.15. The van der Waals surface area contributed by atoms with Crippen molar-refractivity contribution in [2.75, 3.05) is 18.5 Å². The number of phenolic OH excluding ortho intramolecular Hbond substituents is 1. The van der Waals surface area contributed by atoms with Crippen LogP contribution in [0.4, 0.5) is 5.69 Å². The van der Waals surface area contributed by atoms with Crippen LogP contribution < -0.4 is 5.32 Å². The second-order valence-electron chi connectivity index (χ2n) is 3.80. The molecule has 3 heteroatoms. The van der Waals surface area contributed by atoms with Crippen molar-refractivity contribution in [1.29, 1.82) is 0 Å². The van der Waals surface area contributed by atoms with Crippen LogP contribution in [0, 0.1) is 5.92 Å². The maximum atomic E-state index is 9.28. The lowest BCUT2D eigenvalue weighted by molar-refractivity contribution is 0.258. The number of benzene rings is 1. The van der Waals surface area contributed by atoms with Gasteiger partial charge >= 0.3 is 0 Å². The topological polar surface area (TPSA) is 52.5 Å². The molecule has 0 aromatic heterocycles. The highest BCUT2D eigenvalue weighted by molar-refractivity contribution is 5.56. The smallest absolute Gasteiger partial charge is 0.117 e. The van der Waals surface area contributed by atoms with Crippen LogP contribution in [0.25, 0.3) is 0 Å². The number of aliphatic hydroxyl groups excluding tert-OH is 1. The van der Waals surface area contributed by atoms with Crippen LogP contribution in [0.5, 0.6) is 5.75 Å². The molecule has 0 saturated heterocycles. The third-order valence-corrected chi connectivity index (χ3v) is 2.72. The molecule has 3 N–H and O–H groups in total. The summed E-state index contributed by atoms with van der Waals surface area (Å²) >= 11 is 0. The molecular formula is C11H15NO2. The molecule has 1 unspecified atom stereocenters. The van der Waals surface area contributed by atoms with Gasteiger partial charge in [-0.15, -0.1) is 0 Å². The predicted molar refractivity (Wildman–Crippen MR) is 55.5 cm³/mol. The first kappa shape index (κ1) is 9.34. The van der Waals surface area contributed by atoms with Gasteiger partial charge in [-0.2, -0.15) is 0 Å². The highest BCUT2D eigenvalue weighted by atomic mass is 16.3. The number of nitrogens with one attached hydrogen (secondary N) is 1. The van der Waals surface area contributed by atoms with E-state index in [4.69, 9.17) is 5.11 Å². The molecule has 1 aliphatic rings. The molecule has 0 aliphatic carbocycles. The number of aliphatic hydroxyl groups is 1. The van der Waals surface area contributed by atoms with Crippen molar-refractivity contribution in [3.05, 3.63) is 23.8 Å². The molecular weight excluding hydrogens is 178 g/mol. The number of fused-ring (bicyclic) bond motifs is 1. The van der Waals surface area contributed by atoms with Crippen LogP contribution >= 0.6 is 0 Å². The molecule has 1 atom stereocenters. The Kier molecular flexibility index (Phi) is 2.59. The summed E-state index contributed by atoms with van der Waals surface area (Å²) in [5.74, 6) is 0.814. The van der Waals surface area contributed by atoms with Crippen LogP contribution in [-0.4, -0.2) is 23.4 Å². The molecule has 0 bridgehead atoms. The highest BCUT2D eigenvalue weighted by Gasteiger charge is 2.17. The molecule has 1 heterocycles. The van der Waals surface area contributed by atoms with Crippen molar-refractivity contribution in [2.24, 2.45) is 5.92 Å². The van der Waals surface area contributed by atoms with Gasteiger partial charge in [-0.3, -0.25) is 0 Å². The number of anilines is 1. The van der Waals surface area contributed by atoms with Crippen LogP contribution in [0.3, 0.4) is 0 Å². The summed E-state index contributed by atoms with van der Waals surface area (Å²) in [6.45, 7) is 1.14. The average Bonchev–Trinajstić information content (AvgIpc) is 2.19. The molecule has 0 spiro atoms. The van der Waals surface area contributed by atoms with Gasteiger partial charge in [-0.25, -0.2) is 0 Å². The van der Waals surface area contributed by atoms with Crippen molar-refractivity contribution in [2.45, 2.75) is 12.8 Å². The second kappa shape index (κ2) is 3.88. The van der Waals surface area contributed by atoms with E-state index < -0.39 is 0 Å². The number of phenols is 1. The second-order valence-corrected chi connectivity index (χ2v) is 3.80. The van der Waals surface area contributed by atoms with Gasteiger partial charge < -0.3 is 15.5 Å². The number of hydrogen-bond donors (Lipinski definition) is 3. The summed E-state index contributed by atoms with van der Waals surface area (Å²) in [6, 6.07) is 5.41. The maximum absolute atomic E-state index is 9.28. The monoisotopic (exact) mass is 193 g/mol. The van der Waals surface area contributed by atoms with Crippen LogP contribution in [0.2, 0.25) is 0 Å². The van der Waals surface area contributed by atoms with Crippen LogP contribution in [0.15, 0.2) is 18.2 Å². The fourth-order valence-electron chi connectivity index (χ4n) is 1.93. The SMILES string of the molecule is OCCC1CNc2cc(O)ccc2C1. The Morgan fingerprint density at radius 3 is 3.07 bits per heavy atom. The largest absolute Gasteiger partial charge is 0.508 e. The normalized spacial score (nSPS) is 19.9. The van der Waals surface area contributed by atoms with Gasteiger partial charge in [0.2, 0.25) is 0 Å². The minimum atomic E-state index is 0.250. The first-order chi connectivity index (χ1) is 6.79. The zero-order chi connectivity index (χ0) is 9.97. The zero-order valence-electron chi connectivity index (χ0n) is 8.03. The van der Waals surface area contributed by atoms with Crippen LogP contribution in [0.1, 0.15) is 12.0 Å². The summed E-state index contributed by atoms with van der Waals surface area (Å²) in [7, 11) is 0. The van der Waals surface area contributed by atoms with Gasteiger partial charge in [0, 0.05) is 24.9 Å². The number of rotatable bonds is 2. The minimum absolute atomic E-state index is 0.250. The third-order valence-electron chi connectivity index (χ3n) is 2.72. The summed E-state index contributed by atoms with van der Waals surface area (Å²) in [5, 5.41) is 21.4. The van der Waals surface area contributed by atoms with Crippen LogP contribution in [-0.2, 0) is 6.42 Å². The molecule has 1 aromatic carbocycles. The summed E-state index contributed by atoms with van der Waals surface area (Å²) in [6.07, 6.45) is 1.83. The van der Waals surface area contributed by atoms with E-state index >= 15 is 0 Å². The Hall–Kier alpha value is -1.22. The predicted octanol–water partition coefficient (Wildman–Crippen LogP) is 1.36. The molecule has 0 fully saturated rings. The van der Waals surface area contributed by atoms with Crippen molar-refractivity contribution in [3.63, 3.8) is 0 Å². The molecule has 3 nitrogen and oxygen atoms in total. The molecule has 1 aliphatic heterocycles. The van der Waals surface area contributed by atoms with E-state index in [0.29, 0.717) is 11.7 Å². The zero-order valence-corrected chi connectivity index (χ0v) is 8.03. The van der Waals surface area contributed by atoms with Gasteiger partial charge in [0.05, 0.1) is 0 Å². The van der Waals surface area contributed by atoms with E-state index in [-0.39, 0.29) is 6.61 Å². The first-order valence-electron chi connectivity index (χ1n) is 4.96. The fraction of sp³-hybridized carbons (Fsp3) is 0.455. The van der Waals surface area contributed by atoms with Crippen molar-refractivity contribution >= 4 is 5.69 Å².